The highest BCUT2D eigenvalue weighted by Gasteiger charge is 2.20. The molecule has 25 heavy (non-hydrogen) atoms. The zero-order valence-corrected chi connectivity index (χ0v) is 16.2. The Bertz CT molecular complexity index is 651. The summed E-state index contributed by atoms with van der Waals surface area (Å²) in [6.07, 6.45) is 9.60. The van der Waals surface area contributed by atoms with E-state index in [-0.39, 0.29) is 17.0 Å². The van der Waals surface area contributed by atoms with Crippen LogP contribution in [0.3, 0.4) is 0 Å². The van der Waals surface area contributed by atoms with Gasteiger partial charge in [0.2, 0.25) is 10.0 Å². The van der Waals surface area contributed by atoms with E-state index in [1.807, 2.05) is 6.07 Å². The van der Waals surface area contributed by atoms with Crippen LogP contribution in [0.2, 0.25) is 0 Å². The lowest BCUT2D eigenvalue weighted by Gasteiger charge is -2.11. The fourth-order valence-corrected chi connectivity index (χ4v) is 3.86. The molecule has 0 aliphatic carbocycles. The maximum Gasteiger partial charge on any atom is 0.242 e. The molecule has 1 aromatic rings. The second kappa shape index (κ2) is 11.9. The van der Waals surface area contributed by atoms with Crippen LogP contribution in [-0.2, 0) is 10.0 Å². The van der Waals surface area contributed by atoms with Crippen molar-refractivity contribution >= 4 is 10.0 Å². The molecular formula is C19H30N2O3S. The number of sulfonamides is 1. The lowest BCUT2D eigenvalue weighted by atomic mass is 10.1. The van der Waals surface area contributed by atoms with Crippen LogP contribution in [-0.4, -0.2) is 21.6 Å². The summed E-state index contributed by atoms with van der Waals surface area (Å²) < 4.78 is 32.4. The van der Waals surface area contributed by atoms with Crippen molar-refractivity contribution in [2.75, 3.05) is 13.2 Å². The van der Waals surface area contributed by atoms with Gasteiger partial charge >= 0.3 is 0 Å². The van der Waals surface area contributed by atoms with Gasteiger partial charge in [-0.05, 0) is 18.6 Å². The van der Waals surface area contributed by atoms with E-state index in [1.165, 1.54) is 44.6 Å². The predicted octanol–water partition coefficient (Wildman–Crippen LogP) is 4.38. The van der Waals surface area contributed by atoms with Crippen LogP contribution in [0, 0.1) is 11.3 Å². The molecule has 0 saturated carbocycles. The first-order valence-electron chi connectivity index (χ1n) is 9.22. The van der Waals surface area contributed by atoms with Crippen LogP contribution in [0.15, 0.2) is 23.1 Å². The summed E-state index contributed by atoms with van der Waals surface area (Å²) in [5.74, 6) is 0.337. The Hall–Kier alpha value is -1.58. The Balaban J connectivity index is 2.51. The van der Waals surface area contributed by atoms with Gasteiger partial charge < -0.3 is 4.74 Å². The molecule has 0 heterocycles. The Labute approximate surface area is 152 Å². The Kier molecular flexibility index (Phi) is 10.2. The van der Waals surface area contributed by atoms with Crippen LogP contribution in [0.4, 0.5) is 0 Å². The second-order valence-corrected chi connectivity index (χ2v) is 7.80. The molecule has 0 amide bonds. The van der Waals surface area contributed by atoms with Gasteiger partial charge in [-0.3, -0.25) is 0 Å². The fraction of sp³-hybridized carbons (Fsp3) is 0.632. The number of rotatable bonds is 13. The minimum absolute atomic E-state index is 0.0229. The largest absolute Gasteiger partial charge is 0.492 e. The molecule has 0 saturated heterocycles. The van der Waals surface area contributed by atoms with E-state index in [2.05, 4.69) is 11.6 Å². The molecular weight excluding hydrogens is 336 g/mol. The van der Waals surface area contributed by atoms with E-state index in [4.69, 9.17) is 4.74 Å². The second-order valence-electron chi connectivity index (χ2n) is 6.07. The number of nitrogens with zero attached hydrogens (tertiary/aromatic N) is 1. The molecule has 0 bridgehead atoms. The smallest absolute Gasteiger partial charge is 0.242 e. The molecule has 0 unspecified atom stereocenters. The predicted molar refractivity (Wildman–Crippen MR) is 100 cm³/mol. The molecule has 0 fully saturated rings. The summed E-state index contributed by atoms with van der Waals surface area (Å²) in [6.45, 7) is 4.68. The van der Waals surface area contributed by atoms with E-state index < -0.39 is 10.0 Å². The highest BCUT2D eigenvalue weighted by molar-refractivity contribution is 7.89. The third-order valence-corrected chi connectivity index (χ3v) is 5.57. The van der Waals surface area contributed by atoms with Crippen LogP contribution < -0.4 is 9.46 Å². The maximum absolute atomic E-state index is 12.2. The average molecular weight is 367 g/mol. The van der Waals surface area contributed by atoms with Gasteiger partial charge in [0.1, 0.15) is 22.3 Å². The lowest BCUT2D eigenvalue weighted by molar-refractivity contribution is 0.302. The molecule has 0 aliphatic heterocycles. The first-order chi connectivity index (χ1) is 12.1. The first kappa shape index (κ1) is 21.5. The quantitative estimate of drug-likeness (QED) is 0.526. The van der Waals surface area contributed by atoms with Crippen molar-refractivity contribution in [3.63, 3.8) is 0 Å². The van der Waals surface area contributed by atoms with E-state index in [9.17, 15) is 13.7 Å². The van der Waals surface area contributed by atoms with Crippen LogP contribution in [0.25, 0.3) is 0 Å². The lowest BCUT2D eigenvalue weighted by Crippen LogP contribution is -2.24. The molecule has 1 rings (SSSR count). The zero-order valence-electron chi connectivity index (χ0n) is 15.4. The minimum Gasteiger partial charge on any atom is -0.492 e. The standard InChI is InChI=1S/C19H30N2O3S/c1-3-5-6-7-8-9-10-11-15-24-18-13-12-14-19(17(18)16-20)25(22,23)21-4-2/h12-14,21H,3-11,15H2,1-2H3. The van der Waals surface area contributed by atoms with Gasteiger partial charge in [-0.1, -0.05) is 64.9 Å². The third kappa shape index (κ3) is 7.45. The molecule has 1 N–H and O–H groups in total. The first-order valence-corrected chi connectivity index (χ1v) is 10.7. The SMILES string of the molecule is CCCCCCCCCCOc1cccc(S(=O)(=O)NCC)c1C#N. The number of benzene rings is 1. The summed E-state index contributed by atoms with van der Waals surface area (Å²) in [5, 5.41) is 9.35. The minimum atomic E-state index is -3.68. The topological polar surface area (TPSA) is 79.2 Å². The van der Waals surface area contributed by atoms with Gasteiger partial charge in [0.05, 0.1) is 6.61 Å². The van der Waals surface area contributed by atoms with Gasteiger partial charge in [0.15, 0.2) is 0 Å². The van der Waals surface area contributed by atoms with Crippen LogP contribution >= 0.6 is 0 Å². The van der Waals surface area contributed by atoms with Crippen molar-refractivity contribution in [3.05, 3.63) is 23.8 Å². The number of ether oxygens (including phenoxy) is 1. The van der Waals surface area contributed by atoms with Crippen LogP contribution in [0.1, 0.15) is 70.8 Å². The van der Waals surface area contributed by atoms with Gasteiger partial charge in [-0.25, -0.2) is 13.1 Å². The third-order valence-electron chi connectivity index (χ3n) is 3.98. The molecule has 0 aliphatic rings. The number of nitriles is 1. The highest BCUT2D eigenvalue weighted by Crippen LogP contribution is 2.25. The normalized spacial score (nSPS) is 11.2. The zero-order chi connectivity index (χ0) is 18.5. The Morgan fingerprint density at radius 3 is 2.28 bits per heavy atom. The monoisotopic (exact) mass is 366 g/mol. The van der Waals surface area contributed by atoms with Gasteiger partial charge in [-0.2, -0.15) is 5.26 Å². The highest BCUT2D eigenvalue weighted by atomic mass is 32.2. The Morgan fingerprint density at radius 1 is 1.04 bits per heavy atom. The van der Waals surface area contributed by atoms with Gasteiger partial charge in [0, 0.05) is 6.54 Å². The number of hydrogen-bond acceptors (Lipinski definition) is 4. The van der Waals surface area contributed by atoms with Crippen molar-refractivity contribution < 1.29 is 13.2 Å². The van der Waals surface area contributed by atoms with Crippen molar-refractivity contribution in [1.82, 2.24) is 4.72 Å². The molecule has 5 nitrogen and oxygen atoms in total. The van der Waals surface area contributed by atoms with Crippen molar-refractivity contribution in [3.8, 4) is 11.8 Å². The van der Waals surface area contributed by atoms with Crippen molar-refractivity contribution in [2.24, 2.45) is 0 Å². The molecule has 0 aromatic heterocycles. The van der Waals surface area contributed by atoms with Crippen molar-refractivity contribution in [2.45, 2.75) is 70.1 Å². The summed E-state index contributed by atoms with van der Waals surface area (Å²) >= 11 is 0. The van der Waals surface area contributed by atoms with E-state index in [0.29, 0.717) is 12.4 Å². The van der Waals surface area contributed by atoms with E-state index >= 15 is 0 Å². The summed E-state index contributed by atoms with van der Waals surface area (Å²) in [4.78, 5) is -0.0229. The van der Waals surface area contributed by atoms with Crippen molar-refractivity contribution in [1.29, 1.82) is 5.26 Å². The van der Waals surface area contributed by atoms with Gasteiger partial charge in [-0.15, -0.1) is 0 Å². The summed E-state index contributed by atoms with van der Waals surface area (Å²) in [6, 6.07) is 6.65. The Morgan fingerprint density at radius 2 is 1.68 bits per heavy atom. The molecule has 0 radical (unpaired) electrons. The number of unbranched alkanes of at least 4 members (excludes halogenated alkanes) is 7. The average Bonchev–Trinajstić information content (AvgIpc) is 2.60. The maximum atomic E-state index is 12.2. The molecule has 0 atom stereocenters. The fourth-order valence-electron chi connectivity index (χ4n) is 2.65. The van der Waals surface area contributed by atoms with Crippen LogP contribution in [0.5, 0.6) is 5.75 Å². The summed E-state index contributed by atoms with van der Waals surface area (Å²) in [7, 11) is -3.68. The number of nitrogens with one attached hydrogen (secondary N) is 1. The van der Waals surface area contributed by atoms with E-state index in [0.717, 1.165) is 12.8 Å². The number of hydrogen-bond donors (Lipinski definition) is 1. The van der Waals surface area contributed by atoms with Gasteiger partial charge in [0.25, 0.3) is 0 Å². The molecule has 6 heteroatoms. The summed E-state index contributed by atoms with van der Waals surface area (Å²) in [5.41, 5.74) is 0.0722. The van der Waals surface area contributed by atoms with E-state index in [1.54, 1.807) is 19.1 Å². The molecule has 0 spiro atoms. The molecule has 140 valence electrons. The molecule has 1 aromatic carbocycles.